The SMILES string of the molecule is N#CCC(O)C(O)c1c(F)cc(Br)cc1F. The molecule has 0 aromatic heterocycles. The summed E-state index contributed by atoms with van der Waals surface area (Å²) in [6, 6.07) is 3.55. The van der Waals surface area contributed by atoms with Crippen molar-refractivity contribution in [3.05, 3.63) is 33.8 Å². The standard InChI is InChI=1S/C10H8BrF2NO2/c11-5-3-6(12)9(7(13)4-5)10(16)8(15)1-2-14/h3-4,8,10,15-16H,1H2. The van der Waals surface area contributed by atoms with E-state index in [-0.39, 0.29) is 4.47 Å². The van der Waals surface area contributed by atoms with Gasteiger partial charge in [0.25, 0.3) is 0 Å². The Bertz CT molecular complexity index is 410. The lowest BCUT2D eigenvalue weighted by atomic mass is 10.0. The maximum Gasteiger partial charge on any atom is 0.133 e. The average molecular weight is 292 g/mol. The highest BCUT2D eigenvalue weighted by atomic mass is 79.9. The van der Waals surface area contributed by atoms with E-state index in [1.165, 1.54) is 0 Å². The van der Waals surface area contributed by atoms with Crippen LogP contribution in [0, 0.1) is 23.0 Å². The fourth-order valence-corrected chi connectivity index (χ4v) is 1.64. The molecule has 1 rings (SSSR count). The lowest BCUT2D eigenvalue weighted by Crippen LogP contribution is -2.20. The Kier molecular flexibility index (Phi) is 4.35. The van der Waals surface area contributed by atoms with Crippen LogP contribution < -0.4 is 0 Å². The minimum atomic E-state index is -1.76. The molecule has 2 atom stereocenters. The number of halogens is 3. The number of benzene rings is 1. The van der Waals surface area contributed by atoms with Crippen LogP contribution in [0.1, 0.15) is 18.1 Å². The topological polar surface area (TPSA) is 64.2 Å². The van der Waals surface area contributed by atoms with Crippen molar-refractivity contribution < 1.29 is 19.0 Å². The Morgan fingerprint density at radius 1 is 1.31 bits per heavy atom. The third kappa shape index (κ3) is 2.76. The monoisotopic (exact) mass is 291 g/mol. The van der Waals surface area contributed by atoms with Gasteiger partial charge >= 0.3 is 0 Å². The van der Waals surface area contributed by atoms with Gasteiger partial charge in [0.2, 0.25) is 0 Å². The zero-order chi connectivity index (χ0) is 12.3. The summed E-state index contributed by atoms with van der Waals surface area (Å²) >= 11 is 2.89. The van der Waals surface area contributed by atoms with Gasteiger partial charge in [-0.2, -0.15) is 5.26 Å². The Labute approximate surface area is 99.1 Å². The quantitative estimate of drug-likeness (QED) is 0.896. The smallest absolute Gasteiger partial charge is 0.133 e. The van der Waals surface area contributed by atoms with E-state index in [9.17, 15) is 19.0 Å². The van der Waals surface area contributed by atoms with E-state index in [1.807, 2.05) is 0 Å². The van der Waals surface area contributed by atoms with Crippen molar-refractivity contribution in [2.24, 2.45) is 0 Å². The fraction of sp³-hybridized carbons (Fsp3) is 0.300. The van der Waals surface area contributed by atoms with E-state index in [0.29, 0.717) is 0 Å². The molecule has 1 aromatic carbocycles. The van der Waals surface area contributed by atoms with Crippen molar-refractivity contribution in [3.63, 3.8) is 0 Å². The first-order chi connectivity index (χ1) is 7.47. The van der Waals surface area contributed by atoms with Crippen molar-refractivity contribution in [2.45, 2.75) is 18.6 Å². The predicted molar refractivity (Wildman–Crippen MR) is 55.3 cm³/mol. The summed E-state index contributed by atoms with van der Waals surface area (Å²) in [5.74, 6) is -1.95. The van der Waals surface area contributed by atoms with Gasteiger partial charge in [-0.3, -0.25) is 0 Å². The van der Waals surface area contributed by atoms with Gasteiger partial charge in [0, 0.05) is 4.47 Å². The molecular weight excluding hydrogens is 284 g/mol. The lowest BCUT2D eigenvalue weighted by Gasteiger charge is -2.17. The van der Waals surface area contributed by atoms with Crippen LogP contribution in [0.2, 0.25) is 0 Å². The van der Waals surface area contributed by atoms with Gasteiger partial charge in [0.1, 0.15) is 17.7 Å². The highest BCUT2D eigenvalue weighted by molar-refractivity contribution is 9.10. The fourth-order valence-electron chi connectivity index (χ4n) is 1.23. The molecule has 16 heavy (non-hydrogen) atoms. The molecule has 0 heterocycles. The molecule has 0 saturated carbocycles. The van der Waals surface area contributed by atoms with E-state index in [2.05, 4.69) is 15.9 Å². The summed E-state index contributed by atoms with van der Waals surface area (Å²) in [4.78, 5) is 0. The zero-order valence-electron chi connectivity index (χ0n) is 7.99. The molecule has 0 amide bonds. The molecule has 0 aliphatic heterocycles. The lowest BCUT2D eigenvalue weighted by molar-refractivity contribution is 0.0172. The Morgan fingerprint density at radius 2 is 1.81 bits per heavy atom. The van der Waals surface area contributed by atoms with Crippen LogP contribution in [0.4, 0.5) is 8.78 Å². The summed E-state index contributed by atoms with van der Waals surface area (Å²) in [5, 5.41) is 27.0. The first kappa shape index (κ1) is 13.0. The third-order valence-electron chi connectivity index (χ3n) is 2.00. The number of aliphatic hydroxyl groups excluding tert-OH is 2. The molecule has 0 spiro atoms. The highest BCUT2D eigenvalue weighted by Gasteiger charge is 2.25. The second-order valence-electron chi connectivity index (χ2n) is 3.16. The molecule has 0 saturated heterocycles. The number of hydrogen-bond acceptors (Lipinski definition) is 3. The number of nitriles is 1. The third-order valence-corrected chi connectivity index (χ3v) is 2.46. The number of rotatable bonds is 3. The maximum absolute atomic E-state index is 13.3. The average Bonchev–Trinajstić information content (AvgIpc) is 2.16. The molecule has 1 aromatic rings. The van der Waals surface area contributed by atoms with Gasteiger partial charge in [-0.1, -0.05) is 15.9 Å². The Hall–Kier alpha value is -1.03. The Morgan fingerprint density at radius 3 is 2.25 bits per heavy atom. The summed E-state index contributed by atoms with van der Waals surface area (Å²) < 4.78 is 26.9. The van der Waals surface area contributed by atoms with Crippen LogP contribution in [0.25, 0.3) is 0 Å². The molecule has 2 unspecified atom stereocenters. The molecule has 0 bridgehead atoms. The molecule has 0 radical (unpaired) electrons. The van der Waals surface area contributed by atoms with Crippen molar-refractivity contribution in [3.8, 4) is 6.07 Å². The largest absolute Gasteiger partial charge is 0.389 e. The first-order valence-electron chi connectivity index (χ1n) is 4.35. The van der Waals surface area contributed by atoms with Crippen molar-refractivity contribution in [1.29, 1.82) is 5.26 Å². The molecular formula is C10H8BrF2NO2. The van der Waals surface area contributed by atoms with E-state index in [1.54, 1.807) is 6.07 Å². The van der Waals surface area contributed by atoms with E-state index in [4.69, 9.17) is 5.26 Å². The van der Waals surface area contributed by atoms with Crippen LogP contribution in [-0.4, -0.2) is 16.3 Å². The summed E-state index contributed by atoms with van der Waals surface area (Å²) in [6.45, 7) is 0. The zero-order valence-corrected chi connectivity index (χ0v) is 9.58. The van der Waals surface area contributed by atoms with E-state index < -0.39 is 35.8 Å². The second kappa shape index (κ2) is 5.34. The number of nitrogens with zero attached hydrogens (tertiary/aromatic N) is 1. The van der Waals surface area contributed by atoms with Crippen LogP contribution in [-0.2, 0) is 0 Å². The van der Waals surface area contributed by atoms with Gasteiger partial charge in [0.05, 0.1) is 24.2 Å². The minimum absolute atomic E-state index is 0.188. The molecule has 3 nitrogen and oxygen atoms in total. The molecule has 0 fully saturated rings. The van der Waals surface area contributed by atoms with Crippen LogP contribution >= 0.6 is 15.9 Å². The van der Waals surface area contributed by atoms with Crippen LogP contribution in [0.15, 0.2) is 16.6 Å². The summed E-state index contributed by atoms with van der Waals surface area (Å²) in [6.07, 6.45) is -3.68. The molecule has 6 heteroatoms. The Balaban J connectivity index is 3.09. The van der Waals surface area contributed by atoms with Gasteiger partial charge in [-0.05, 0) is 12.1 Å². The normalized spacial score (nSPS) is 14.2. The molecule has 0 aliphatic carbocycles. The summed E-state index contributed by atoms with van der Waals surface area (Å²) in [7, 11) is 0. The molecule has 0 aliphatic rings. The van der Waals surface area contributed by atoms with Crippen LogP contribution in [0.3, 0.4) is 0 Å². The number of hydrogen-bond donors (Lipinski definition) is 2. The first-order valence-corrected chi connectivity index (χ1v) is 5.14. The van der Waals surface area contributed by atoms with Crippen LogP contribution in [0.5, 0.6) is 0 Å². The van der Waals surface area contributed by atoms with E-state index in [0.717, 1.165) is 12.1 Å². The second-order valence-corrected chi connectivity index (χ2v) is 4.07. The van der Waals surface area contributed by atoms with Crippen molar-refractivity contribution in [1.82, 2.24) is 0 Å². The summed E-state index contributed by atoms with van der Waals surface area (Å²) in [5.41, 5.74) is -0.633. The van der Waals surface area contributed by atoms with Gasteiger partial charge in [0.15, 0.2) is 0 Å². The van der Waals surface area contributed by atoms with Gasteiger partial charge < -0.3 is 10.2 Å². The predicted octanol–water partition coefficient (Wildman–Crippen LogP) is 2.04. The van der Waals surface area contributed by atoms with Crippen molar-refractivity contribution >= 4 is 15.9 Å². The minimum Gasteiger partial charge on any atom is -0.389 e. The number of aliphatic hydroxyl groups is 2. The van der Waals surface area contributed by atoms with Gasteiger partial charge in [-0.25, -0.2) is 8.78 Å². The molecule has 86 valence electrons. The van der Waals surface area contributed by atoms with Gasteiger partial charge in [-0.15, -0.1) is 0 Å². The van der Waals surface area contributed by atoms with E-state index >= 15 is 0 Å². The van der Waals surface area contributed by atoms with Crippen molar-refractivity contribution in [2.75, 3.05) is 0 Å². The highest BCUT2D eigenvalue weighted by Crippen LogP contribution is 2.27. The molecule has 2 N–H and O–H groups in total. The maximum atomic E-state index is 13.3.